The van der Waals surface area contributed by atoms with Crippen LogP contribution in [0.1, 0.15) is 36.0 Å². The van der Waals surface area contributed by atoms with Crippen molar-refractivity contribution < 1.29 is 8.42 Å². The minimum Gasteiger partial charge on any atom is -0.333 e. The smallest absolute Gasteiger partial charge is 0.244 e. The van der Waals surface area contributed by atoms with E-state index in [1.54, 1.807) is 20.0 Å². The molecule has 0 amide bonds. The van der Waals surface area contributed by atoms with Gasteiger partial charge in [0.05, 0.1) is 11.4 Å². The number of aryl methyl sites for hydroxylation is 2. The lowest BCUT2D eigenvalue weighted by Gasteiger charge is -2.09. The second-order valence-corrected chi connectivity index (χ2v) is 7.12. The highest BCUT2D eigenvalue weighted by Gasteiger charge is 2.28. The molecule has 1 fully saturated rings. The zero-order chi connectivity index (χ0) is 15.0. The summed E-state index contributed by atoms with van der Waals surface area (Å²) < 4.78 is 29.3. The highest BCUT2D eigenvalue weighted by atomic mass is 32.2. The molecular weight excluding hydrogens is 290 g/mol. The van der Waals surface area contributed by atoms with Gasteiger partial charge < -0.3 is 4.57 Å². The van der Waals surface area contributed by atoms with Crippen LogP contribution in [0.15, 0.2) is 17.3 Å². The van der Waals surface area contributed by atoms with Crippen molar-refractivity contribution in [3.8, 4) is 0 Å². The van der Waals surface area contributed by atoms with E-state index in [-0.39, 0.29) is 4.90 Å². The van der Waals surface area contributed by atoms with E-state index in [4.69, 9.17) is 0 Å². The van der Waals surface area contributed by atoms with Crippen molar-refractivity contribution >= 4 is 10.0 Å². The SMILES string of the molecule is Cc1n[nH]c(C)c1S(=O)(=O)NCCn1ccnc1C1CC1. The van der Waals surface area contributed by atoms with Crippen LogP contribution in [0.25, 0.3) is 0 Å². The van der Waals surface area contributed by atoms with Gasteiger partial charge in [0.25, 0.3) is 0 Å². The molecule has 21 heavy (non-hydrogen) atoms. The number of aromatic nitrogens is 4. The van der Waals surface area contributed by atoms with Gasteiger partial charge in [-0.1, -0.05) is 0 Å². The van der Waals surface area contributed by atoms with Crippen LogP contribution in [0.2, 0.25) is 0 Å². The summed E-state index contributed by atoms with van der Waals surface area (Å²) in [7, 11) is -3.53. The average molecular weight is 309 g/mol. The first-order chi connectivity index (χ1) is 9.99. The van der Waals surface area contributed by atoms with Gasteiger partial charge in [0.15, 0.2) is 0 Å². The summed E-state index contributed by atoms with van der Waals surface area (Å²) in [5, 5.41) is 6.62. The maximum Gasteiger partial charge on any atom is 0.244 e. The Balaban J connectivity index is 1.66. The number of sulfonamides is 1. The number of H-pyrrole nitrogens is 1. The average Bonchev–Trinajstić information content (AvgIpc) is 3.06. The van der Waals surface area contributed by atoms with Crippen molar-refractivity contribution in [2.24, 2.45) is 0 Å². The number of hydrogen-bond donors (Lipinski definition) is 2. The van der Waals surface area contributed by atoms with Crippen molar-refractivity contribution in [2.75, 3.05) is 6.54 Å². The fourth-order valence-corrected chi connectivity index (χ4v) is 3.91. The predicted molar refractivity (Wildman–Crippen MR) is 77.5 cm³/mol. The van der Waals surface area contributed by atoms with Crippen LogP contribution in [0.4, 0.5) is 0 Å². The summed E-state index contributed by atoms with van der Waals surface area (Å²) >= 11 is 0. The quantitative estimate of drug-likeness (QED) is 0.835. The molecule has 2 heterocycles. The zero-order valence-electron chi connectivity index (χ0n) is 12.1. The topological polar surface area (TPSA) is 92.7 Å². The zero-order valence-corrected chi connectivity index (χ0v) is 12.9. The molecule has 1 saturated carbocycles. The van der Waals surface area contributed by atoms with Gasteiger partial charge in [0.2, 0.25) is 10.0 Å². The number of nitrogens with zero attached hydrogens (tertiary/aromatic N) is 3. The first-order valence-corrected chi connectivity index (χ1v) is 8.49. The van der Waals surface area contributed by atoms with E-state index in [1.807, 2.05) is 10.8 Å². The monoisotopic (exact) mass is 309 g/mol. The first kappa shape index (κ1) is 14.3. The Bertz CT molecular complexity index is 723. The minimum atomic E-state index is -3.53. The number of rotatable bonds is 6. The lowest BCUT2D eigenvalue weighted by atomic mass is 10.4. The highest BCUT2D eigenvalue weighted by Crippen LogP contribution is 2.38. The van der Waals surface area contributed by atoms with Crippen LogP contribution in [-0.4, -0.2) is 34.7 Å². The number of hydrogen-bond acceptors (Lipinski definition) is 4. The Kier molecular flexibility index (Phi) is 3.58. The van der Waals surface area contributed by atoms with E-state index in [0.29, 0.717) is 30.4 Å². The van der Waals surface area contributed by atoms with E-state index in [2.05, 4.69) is 19.9 Å². The summed E-state index contributed by atoms with van der Waals surface area (Å²) in [5.41, 5.74) is 1.04. The van der Waals surface area contributed by atoms with E-state index in [9.17, 15) is 8.42 Å². The minimum absolute atomic E-state index is 0.246. The van der Waals surface area contributed by atoms with Crippen molar-refractivity contribution in [2.45, 2.75) is 44.0 Å². The Morgan fingerprint density at radius 3 is 2.81 bits per heavy atom. The van der Waals surface area contributed by atoms with Gasteiger partial charge in [-0.05, 0) is 26.7 Å². The maximum atomic E-state index is 12.3. The molecule has 0 aliphatic heterocycles. The van der Waals surface area contributed by atoms with Gasteiger partial charge in [0, 0.05) is 31.4 Å². The fourth-order valence-electron chi connectivity index (χ4n) is 2.52. The molecule has 0 spiro atoms. The summed E-state index contributed by atoms with van der Waals surface area (Å²) in [6.45, 7) is 4.30. The standard InChI is InChI=1S/C13H19N5O2S/c1-9-12(10(2)17-16-9)21(19,20)15-6-8-18-7-5-14-13(18)11-3-4-11/h5,7,11,15H,3-4,6,8H2,1-2H3,(H,16,17). The molecule has 0 aromatic carbocycles. The molecule has 1 aliphatic rings. The second-order valence-electron chi connectivity index (χ2n) is 5.41. The molecule has 2 N–H and O–H groups in total. The molecule has 0 saturated heterocycles. The molecule has 8 heteroatoms. The van der Waals surface area contributed by atoms with Gasteiger partial charge in [-0.15, -0.1) is 0 Å². The Morgan fingerprint density at radius 1 is 1.43 bits per heavy atom. The number of nitrogens with one attached hydrogen (secondary N) is 2. The van der Waals surface area contributed by atoms with Gasteiger partial charge >= 0.3 is 0 Å². The van der Waals surface area contributed by atoms with Crippen molar-refractivity contribution in [1.29, 1.82) is 0 Å². The van der Waals surface area contributed by atoms with E-state index >= 15 is 0 Å². The third kappa shape index (κ3) is 2.86. The largest absolute Gasteiger partial charge is 0.333 e. The second kappa shape index (κ2) is 5.27. The van der Waals surface area contributed by atoms with Gasteiger partial charge in [-0.3, -0.25) is 5.10 Å². The van der Waals surface area contributed by atoms with Crippen molar-refractivity contribution in [1.82, 2.24) is 24.5 Å². The van der Waals surface area contributed by atoms with Crippen LogP contribution in [0, 0.1) is 13.8 Å². The third-order valence-electron chi connectivity index (χ3n) is 3.66. The summed E-state index contributed by atoms with van der Waals surface area (Å²) in [6, 6.07) is 0. The van der Waals surface area contributed by atoms with Crippen LogP contribution < -0.4 is 4.72 Å². The molecule has 3 rings (SSSR count). The third-order valence-corrected chi connectivity index (χ3v) is 5.39. The van der Waals surface area contributed by atoms with Gasteiger partial charge in [0.1, 0.15) is 10.7 Å². The number of aromatic amines is 1. The molecule has 0 unspecified atom stereocenters. The molecule has 0 atom stereocenters. The van der Waals surface area contributed by atoms with E-state index in [1.165, 1.54) is 12.8 Å². The van der Waals surface area contributed by atoms with Crippen LogP contribution in [0.5, 0.6) is 0 Å². The predicted octanol–water partition coefficient (Wildman–Crippen LogP) is 1.08. The molecule has 2 aromatic rings. The Hall–Kier alpha value is -1.67. The number of imidazole rings is 1. The Labute approximate surface area is 123 Å². The first-order valence-electron chi connectivity index (χ1n) is 7.01. The summed E-state index contributed by atoms with van der Waals surface area (Å²) in [5.74, 6) is 1.61. The van der Waals surface area contributed by atoms with Crippen LogP contribution >= 0.6 is 0 Å². The lowest BCUT2D eigenvalue weighted by molar-refractivity contribution is 0.568. The lowest BCUT2D eigenvalue weighted by Crippen LogP contribution is -2.28. The maximum absolute atomic E-state index is 12.3. The molecule has 0 bridgehead atoms. The molecular formula is C13H19N5O2S. The Morgan fingerprint density at radius 2 is 2.19 bits per heavy atom. The molecule has 2 aromatic heterocycles. The normalized spacial score (nSPS) is 15.5. The highest BCUT2D eigenvalue weighted by molar-refractivity contribution is 7.89. The van der Waals surface area contributed by atoms with Crippen LogP contribution in [0.3, 0.4) is 0 Å². The van der Waals surface area contributed by atoms with E-state index < -0.39 is 10.0 Å². The molecule has 1 aliphatic carbocycles. The molecule has 0 radical (unpaired) electrons. The molecule has 7 nitrogen and oxygen atoms in total. The summed E-state index contributed by atoms with van der Waals surface area (Å²) in [4.78, 5) is 4.59. The van der Waals surface area contributed by atoms with Gasteiger partial charge in [-0.25, -0.2) is 18.1 Å². The van der Waals surface area contributed by atoms with Gasteiger partial charge in [-0.2, -0.15) is 5.10 Å². The van der Waals surface area contributed by atoms with Crippen molar-refractivity contribution in [3.63, 3.8) is 0 Å². The fraction of sp³-hybridized carbons (Fsp3) is 0.538. The summed E-state index contributed by atoms with van der Waals surface area (Å²) in [6.07, 6.45) is 6.02. The van der Waals surface area contributed by atoms with E-state index in [0.717, 1.165) is 5.82 Å². The molecule has 114 valence electrons. The van der Waals surface area contributed by atoms with Crippen LogP contribution in [-0.2, 0) is 16.6 Å². The van der Waals surface area contributed by atoms with Crippen molar-refractivity contribution in [3.05, 3.63) is 29.6 Å².